The lowest BCUT2D eigenvalue weighted by atomic mass is 10.1. The first kappa shape index (κ1) is 19.2. The summed E-state index contributed by atoms with van der Waals surface area (Å²) in [5, 5.41) is 5.90. The molecule has 4 rings (SSSR count). The molecule has 29 heavy (non-hydrogen) atoms. The number of H-pyrrole nitrogens is 1. The molecule has 2 amide bonds. The van der Waals surface area contributed by atoms with Crippen LogP contribution in [0.3, 0.4) is 0 Å². The molecule has 2 aromatic heterocycles. The van der Waals surface area contributed by atoms with Crippen molar-refractivity contribution in [3.8, 4) is 0 Å². The number of urea groups is 1. The number of aryl methyl sites for hydroxylation is 1. The van der Waals surface area contributed by atoms with Gasteiger partial charge in [0.1, 0.15) is 5.82 Å². The number of halogens is 1. The molecule has 4 aromatic rings. The summed E-state index contributed by atoms with van der Waals surface area (Å²) in [6, 6.07) is 16.1. The number of rotatable bonds is 6. The third-order valence-corrected chi connectivity index (χ3v) is 6.04. The Labute approximate surface area is 173 Å². The lowest BCUT2D eigenvalue weighted by Crippen LogP contribution is -2.36. The number of aromatic nitrogens is 1. The molecule has 0 aliphatic rings. The van der Waals surface area contributed by atoms with Crippen molar-refractivity contribution in [1.82, 2.24) is 9.88 Å². The molecule has 4 nitrogen and oxygen atoms in total. The molecule has 0 spiro atoms. The van der Waals surface area contributed by atoms with Crippen LogP contribution < -0.4 is 5.32 Å². The van der Waals surface area contributed by atoms with Crippen molar-refractivity contribution in [3.63, 3.8) is 0 Å². The summed E-state index contributed by atoms with van der Waals surface area (Å²) in [6.07, 6.45) is 2.70. The first-order valence-electron chi connectivity index (χ1n) is 9.50. The van der Waals surface area contributed by atoms with E-state index < -0.39 is 5.82 Å². The number of carbonyl (C=O) groups excluding carboxylic acids is 1. The minimum atomic E-state index is -0.440. The minimum Gasteiger partial charge on any atom is -0.361 e. The van der Waals surface area contributed by atoms with Gasteiger partial charge in [-0.1, -0.05) is 30.3 Å². The van der Waals surface area contributed by atoms with Crippen LogP contribution in [-0.4, -0.2) is 22.5 Å². The zero-order valence-corrected chi connectivity index (χ0v) is 16.9. The van der Waals surface area contributed by atoms with Crippen molar-refractivity contribution in [3.05, 3.63) is 88.0 Å². The molecule has 0 fully saturated rings. The second-order valence-corrected chi connectivity index (χ2v) is 7.97. The van der Waals surface area contributed by atoms with Crippen molar-refractivity contribution in [1.29, 1.82) is 0 Å². The second kappa shape index (κ2) is 8.49. The lowest BCUT2D eigenvalue weighted by molar-refractivity contribution is 0.210. The molecular weight excluding hydrogens is 385 g/mol. The van der Waals surface area contributed by atoms with E-state index in [1.165, 1.54) is 6.07 Å². The SMILES string of the molecule is Cc1ccsc1CN(CCc1c[nH]c2ccccc12)C(=O)Nc1ccccc1F. The summed E-state index contributed by atoms with van der Waals surface area (Å²) in [5.41, 5.74) is 3.59. The van der Waals surface area contributed by atoms with E-state index in [0.717, 1.165) is 26.9 Å². The predicted molar refractivity (Wildman–Crippen MR) is 117 cm³/mol. The average Bonchev–Trinajstić information content (AvgIpc) is 3.33. The van der Waals surface area contributed by atoms with Crippen LogP contribution in [0.5, 0.6) is 0 Å². The van der Waals surface area contributed by atoms with Gasteiger partial charge >= 0.3 is 6.03 Å². The summed E-state index contributed by atoms with van der Waals surface area (Å²) in [7, 11) is 0. The fraction of sp³-hybridized carbons (Fsp3) is 0.174. The van der Waals surface area contributed by atoms with Crippen LogP contribution in [0.25, 0.3) is 10.9 Å². The first-order valence-corrected chi connectivity index (χ1v) is 10.4. The van der Waals surface area contributed by atoms with Gasteiger partial charge in [-0.25, -0.2) is 9.18 Å². The molecule has 2 aromatic carbocycles. The molecule has 0 aliphatic carbocycles. The Morgan fingerprint density at radius 2 is 1.93 bits per heavy atom. The van der Waals surface area contributed by atoms with Gasteiger partial charge < -0.3 is 15.2 Å². The minimum absolute atomic E-state index is 0.192. The molecule has 0 unspecified atom stereocenters. The molecule has 0 radical (unpaired) electrons. The largest absolute Gasteiger partial charge is 0.361 e. The maximum atomic E-state index is 14.0. The first-order chi connectivity index (χ1) is 14.1. The van der Waals surface area contributed by atoms with Crippen LogP contribution in [0.2, 0.25) is 0 Å². The number of thiophene rings is 1. The number of nitrogens with one attached hydrogen (secondary N) is 2. The fourth-order valence-corrected chi connectivity index (χ4v) is 4.26. The smallest absolute Gasteiger partial charge is 0.322 e. The summed E-state index contributed by atoms with van der Waals surface area (Å²) < 4.78 is 14.0. The van der Waals surface area contributed by atoms with E-state index in [2.05, 4.69) is 16.4 Å². The van der Waals surface area contributed by atoms with Crippen LogP contribution in [0.4, 0.5) is 14.9 Å². The highest BCUT2D eigenvalue weighted by Crippen LogP contribution is 2.22. The summed E-state index contributed by atoms with van der Waals surface area (Å²) in [6.45, 7) is 3.06. The van der Waals surface area contributed by atoms with Crippen LogP contribution in [0.15, 0.2) is 66.2 Å². The van der Waals surface area contributed by atoms with E-state index in [1.807, 2.05) is 42.8 Å². The topological polar surface area (TPSA) is 48.1 Å². The number of amides is 2. The van der Waals surface area contributed by atoms with E-state index in [9.17, 15) is 9.18 Å². The van der Waals surface area contributed by atoms with Gasteiger partial charge in [0, 0.05) is 28.5 Å². The maximum absolute atomic E-state index is 14.0. The van der Waals surface area contributed by atoms with Crippen molar-refractivity contribution < 1.29 is 9.18 Å². The van der Waals surface area contributed by atoms with Gasteiger partial charge in [0.15, 0.2) is 0 Å². The molecule has 0 aliphatic heterocycles. The molecule has 6 heteroatoms. The number of hydrogen-bond donors (Lipinski definition) is 2. The van der Waals surface area contributed by atoms with Crippen LogP contribution in [0.1, 0.15) is 16.0 Å². The predicted octanol–water partition coefficient (Wildman–Crippen LogP) is 5.95. The Bertz CT molecular complexity index is 1130. The molecule has 0 saturated heterocycles. The monoisotopic (exact) mass is 407 g/mol. The Kier molecular flexibility index (Phi) is 5.62. The number of aromatic amines is 1. The van der Waals surface area contributed by atoms with Crippen LogP contribution in [-0.2, 0) is 13.0 Å². The molecular formula is C23H22FN3OS. The Morgan fingerprint density at radius 1 is 1.14 bits per heavy atom. The van der Waals surface area contributed by atoms with E-state index in [0.29, 0.717) is 19.5 Å². The highest BCUT2D eigenvalue weighted by atomic mass is 32.1. The molecule has 0 atom stereocenters. The van der Waals surface area contributed by atoms with Gasteiger partial charge in [-0.05, 0) is 54.1 Å². The van der Waals surface area contributed by atoms with Crippen molar-refractivity contribution in [2.24, 2.45) is 0 Å². The van der Waals surface area contributed by atoms with Gasteiger partial charge in [0.25, 0.3) is 0 Å². The third kappa shape index (κ3) is 4.32. The molecule has 2 heterocycles. The molecule has 148 valence electrons. The summed E-state index contributed by atoms with van der Waals surface area (Å²) >= 11 is 1.63. The van der Waals surface area contributed by atoms with Gasteiger partial charge in [0.05, 0.1) is 12.2 Å². The summed E-state index contributed by atoms with van der Waals surface area (Å²) in [5.74, 6) is -0.440. The van der Waals surface area contributed by atoms with Gasteiger partial charge in [-0.3, -0.25) is 0 Å². The van der Waals surface area contributed by atoms with E-state index in [-0.39, 0.29) is 11.7 Å². The number of carbonyl (C=O) groups is 1. The number of anilines is 1. The van der Waals surface area contributed by atoms with Crippen LogP contribution in [0, 0.1) is 12.7 Å². The van der Waals surface area contributed by atoms with Crippen molar-refractivity contribution >= 4 is 34.0 Å². The highest BCUT2D eigenvalue weighted by molar-refractivity contribution is 7.10. The number of benzene rings is 2. The van der Waals surface area contributed by atoms with E-state index in [1.54, 1.807) is 34.4 Å². The maximum Gasteiger partial charge on any atom is 0.322 e. The van der Waals surface area contributed by atoms with Crippen LogP contribution >= 0.6 is 11.3 Å². The Hall–Kier alpha value is -3.12. The van der Waals surface area contributed by atoms with Crippen molar-refractivity contribution in [2.75, 3.05) is 11.9 Å². The standard InChI is InChI=1S/C23H22FN3OS/c1-16-11-13-29-22(16)15-27(23(28)26-21-9-5-3-7-19(21)24)12-10-17-14-25-20-8-4-2-6-18(17)20/h2-9,11,13-14,25H,10,12,15H2,1H3,(H,26,28). The van der Waals surface area contributed by atoms with E-state index in [4.69, 9.17) is 0 Å². The molecule has 0 saturated carbocycles. The van der Waals surface area contributed by atoms with Crippen molar-refractivity contribution in [2.45, 2.75) is 19.9 Å². The molecule has 0 bridgehead atoms. The normalized spacial score (nSPS) is 11.0. The van der Waals surface area contributed by atoms with Gasteiger partial charge in [-0.15, -0.1) is 11.3 Å². The number of fused-ring (bicyclic) bond motifs is 1. The average molecular weight is 408 g/mol. The second-order valence-electron chi connectivity index (χ2n) is 6.97. The van der Waals surface area contributed by atoms with Gasteiger partial charge in [-0.2, -0.15) is 0 Å². The number of nitrogens with zero attached hydrogens (tertiary/aromatic N) is 1. The number of hydrogen-bond acceptors (Lipinski definition) is 2. The molecule has 2 N–H and O–H groups in total. The Balaban J connectivity index is 1.53. The third-order valence-electron chi connectivity index (χ3n) is 5.03. The highest BCUT2D eigenvalue weighted by Gasteiger charge is 2.18. The van der Waals surface area contributed by atoms with Gasteiger partial charge in [0.2, 0.25) is 0 Å². The zero-order valence-electron chi connectivity index (χ0n) is 16.1. The number of para-hydroxylation sites is 2. The van der Waals surface area contributed by atoms with E-state index >= 15 is 0 Å². The zero-order chi connectivity index (χ0) is 20.2. The Morgan fingerprint density at radius 3 is 2.72 bits per heavy atom. The summed E-state index contributed by atoms with van der Waals surface area (Å²) in [4.78, 5) is 19.1. The lowest BCUT2D eigenvalue weighted by Gasteiger charge is -2.23. The fourth-order valence-electron chi connectivity index (χ4n) is 3.34. The quantitative estimate of drug-likeness (QED) is 0.407.